The molecule has 0 aliphatic carbocycles. The maximum absolute atomic E-state index is 12.1. The van der Waals surface area contributed by atoms with E-state index in [4.69, 9.17) is 0 Å². The van der Waals surface area contributed by atoms with E-state index in [0.717, 1.165) is 18.4 Å². The molecule has 0 bridgehead atoms. The molecule has 2 rings (SSSR count). The van der Waals surface area contributed by atoms with Crippen molar-refractivity contribution < 1.29 is 9.59 Å². The molecular formula is C13H18N2O2S. The first-order chi connectivity index (χ1) is 8.72. The van der Waals surface area contributed by atoms with Gasteiger partial charge in [0.05, 0.1) is 5.56 Å². The Bertz CT molecular complexity index is 409. The zero-order valence-electron chi connectivity index (χ0n) is 10.5. The molecule has 1 aliphatic rings. The highest BCUT2D eigenvalue weighted by molar-refractivity contribution is 7.08. The predicted octanol–water partition coefficient (Wildman–Crippen LogP) is 1.74. The van der Waals surface area contributed by atoms with Gasteiger partial charge in [-0.2, -0.15) is 11.3 Å². The molecule has 0 unspecified atom stereocenters. The van der Waals surface area contributed by atoms with Gasteiger partial charge in [-0.05, 0) is 31.2 Å². The second-order valence-electron chi connectivity index (χ2n) is 4.47. The molecule has 5 heteroatoms. The summed E-state index contributed by atoms with van der Waals surface area (Å²) < 4.78 is 0. The van der Waals surface area contributed by atoms with Crippen LogP contribution in [0.2, 0.25) is 0 Å². The largest absolute Gasteiger partial charge is 0.356 e. The molecule has 0 aromatic carbocycles. The number of hydrogen-bond donors (Lipinski definition) is 1. The summed E-state index contributed by atoms with van der Waals surface area (Å²) in [6, 6.07) is 1.85. The van der Waals surface area contributed by atoms with Gasteiger partial charge in [-0.1, -0.05) is 0 Å². The molecule has 1 aromatic heterocycles. The van der Waals surface area contributed by atoms with Crippen LogP contribution in [0.15, 0.2) is 16.8 Å². The zero-order chi connectivity index (χ0) is 13.0. The van der Waals surface area contributed by atoms with E-state index in [0.29, 0.717) is 19.6 Å². The summed E-state index contributed by atoms with van der Waals surface area (Å²) >= 11 is 1.53. The van der Waals surface area contributed by atoms with Gasteiger partial charge in [0.1, 0.15) is 0 Å². The van der Waals surface area contributed by atoms with Crippen LogP contribution in [0, 0.1) is 5.92 Å². The maximum atomic E-state index is 12.1. The lowest BCUT2D eigenvalue weighted by atomic mass is 9.95. The third-order valence-corrected chi connectivity index (χ3v) is 3.96. The van der Waals surface area contributed by atoms with Crippen LogP contribution in [0.3, 0.4) is 0 Å². The number of piperidine rings is 1. The van der Waals surface area contributed by atoms with Gasteiger partial charge in [0.2, 0.25) is 5.91 Å². The van der Waals surface area contributed by atoms with Crippen LogP contribution in [-0.2, 0) is 4.79 Å². The summed E-state index contributed by atoms with van der Waals surface area (Å²) in [4.78, 5) is 25.6. The summed E-state index contributed by atoms with van der Waals surface area (Å²) in [6.45, 7) is 3.95. The highest BCUT2D eigenvalue weighted by Gasteiger charge is 2.27. The molecule has 0 atom stereocenters. The Kier molecular flexibility index (Phi) is 4.36. The molecule has 1 aliphatic heterocycles. The molecule has 1 saturated heterocycles. The monoisotopic (exact) mass is 266 g/mol. The van der Waals surface area contributed by atoms with Gasteiger partial charge >= 0.3 is 0 Å². The number of nitrogens with zero attached hydrogens (tertiary/aromatic N) is 1. The number of rotatable bonds is 3. The van der Waals surface area contributed by atoms with Crippen molar-refractivity contribution in [2.75, 3.05) is 19.6 Å². The molecule has 2 heterocycles. The Morgan fingerprint density at radius 2 is 2.17 bits per heavy atom. The molecule has 0 radical (unpaired) electrons. The molecule has 1 N–H and O–H groups in total. The second kappa shape index (κ2) is 6.00. The van der Waals surface area contributed by atoms with Crippen LogP contribution in [0.4, 0.5) is 0 Å². The highest BCUT2D eigenvalue weighted by atomic mass is 32.1. The second-order valence-corrected chi connectivity index (χ2v) is 5.25. The molecule has 0 spiro atoms. The van der Waals surface area contributed by atoms with Gasteiger partial charge in [-0.3, -0.25) is 9.59 Å². The fourth-order valence-electron chi connectivity index (χ4n) is 2.23. The zero-order valence-corrected chi connectivity index (χ0v) is 11.3. The molecule has 2 amide bonds. The first-order valence-corrected chi connectivity index (χ1v) is 7.26. The maximum Gasteiger partial charge on any atom is 0.254 e. The Morgan fingerprint density at radius 3 is 2.72 bits per heavy atom. The van der Waals surface area contributed by atoms with Crippen molar-refractivity contribution in [3.8, 4) is 0 Å². The van der Waals surface area contributed by atoms with Gasteiger partial charge in [-0.25, -0.2) is 0 Å². The lowest BCUT2D eigenvalue weighted by Crippen LogP contribution is -2.42. The minimum absolute atomic E-state index is 0.0662. The van der Waals surface area contributed by atoms with E-state index in [2.05, 4.69) is 5.32 Å². The number of thiophene rings is 1. The first kappa shape index (κ1) is 13.1. The lowest BCUT2D eigenvalue weighted by Gasteiger charge is -2.31. The van der Waals surface area contributed by atoms with E-state index in [1.165, 1.54) is 11.3 Å². The van der Waals surface area contributed by atoms with Gasteiger partial charge in [0, 0.05) is 30.9 Å². The van der Waals surface area contributed by atoms with Crippen molar-refractivity contribution in [3.05, 3.63) is 22.4 Å². The Hall–Kier alpha value is -1.36. The van der Waals surface area contributed by atoms with Crippen LogP contribution < -0.4 is 5.32 Å². The summed E-state index contributed by atoms with van der Waals surface area (Å²) in [7, 11) is 0. The van der Waals surface area contributed by atoms with E-state index in [9.17, 15) is 9.59 Å². The van der Waals surface area contributed by atoms with Gasteiger partial charge < -0.3 is 10.2 Å². The normalized spacial score (nSPS) is 16.6. The fourth-order valence-corrected chi connectivity index (χ4v) is 2.86. The topological polar surface area (TPSA) is 49.4 Å². The van der Waals surface area contributed by atoms with Crippen LogP contribution in [0.1, 0.15) is 30.1 Å². The fraction of sp³-hybridized carbons (Fsp3) is 0.538. The van der Waals surface area contributed by atoms with E-state index in [1.807, 2.05) is 28.7 Å². The smallest absolute Gasteiger partial charge is 0.254 e. The average Bonchev–Trinajstić information content (AvgIpc) is 2.92. The molecule has 1 aromatic rings. The third-order valence-electron chi connectivity index (χ3n) is 3.27. The third kappa shape index (κ3) is 2.90. The Balaban J connectivity index is 1.87. The van der Waals surface area contributed by atoms with Crippen LogP contribution in [0.25, 0.3) is 0 Å². The number of carbonyl (C=O) groups excluding carboxylic acids is 2. The SMILES string of the molecule is CCNC(=O)C1CCN(C(=O)c2ccsc2)CC1. The number of amides is 2. The molecule has 1 fully saturated rings. The van der Waals surface area contributed by atoms with Crippen LogP contribution in [0.5, 0.6) is 0 Å². The highest BCUT2D eigenvalue weighted by Crippen LogP contribution is 2.20. The number of nitrogens with one attached hydrogen (secondary N) is 1. The van der Waals surface area contributed by atoms with E-state index in [-0.39, 0.29) is 17.7 Å². The van der Waals surface area contributed by atoms with Crippen molar-refractivity contribution in [2.45, 2.75) is 19.8 Å². The number of carbonyl (C=O) groups is 2. The van der Waals surface area contributed by atoms with Gasteiger partial charge in [0.15, 0.2) is 0 Å². The minimum Gasteiger partial charge on any atom is -0.356 e. The van der Waals surface area contributed by atoms with E-state index < -0.39 is 0 Å². The molecule has 0 saturated carbocycles. The molecule has 18 heavy (non-hydrogen) atoms. The summed E-state index contributed by atoms with van der Waals surface area (Å²) in [5, 5.41) is 6.63. The molecular weight excluding hydrogens is 248 g/mol. The van der Waals surface area contributed by atoms with Gasteiger partial charge in [-0.15, -0.1) is 0 Å². The van der Waals surface area contributed by atoms with E-state index >= 15 is 0 Å². The summed E-state index contributed by atoms with van der Waals surface area (Å²) in [5.41, 5.74) is 0.761. The van der Waals surface area contributed by atoms with Crippen molar-refractivity contribution in [3.63, 3.8) is 0 Å². The van der Waals surface area contributed by atoms with Crippen LogP contribution >= 0.6 is 11.3 Å². The summed E-state index contributed by atoms with van der Waals surface area (Å²) in [5.74, 6) is 0.280. The number of hydrogen-bond acceptors (Lipinski definition) is 3. The van der Waals surface area contributed by atoms with Crippen molar-refractivity contribution in [1.29, 1.82) is 0 Å². The van der Waals surface area contributed by atoms with Crippen LogP contribution in [-0.4, -0.2) is 36.3 Å². The summed E-state index contributed by atoms with van der Waals surface area (Å²) in [6.07, 6.45) is 1.53. The first-order valence-electron chi connectivity index (χ1n) is 6.31. The average molecular weight is 266 g/mol. The minimum atomic E-state index is 0.0662. The number of likely N-dealkylation sites (tertiary alicyclic amines) is 1. The Labute approximate surface area is 111 Å². The van der Waals surface area contributed by atoms with E-state index in [1.54, 1.807) is 0 Å². The Morgan fingerprint density at radius 1 is 1.44 bits per heavy atom. The molecule has 98 valence electrons. The van der Waals surface area contributed by atoms with Gasteiger partial charge in [0.25, 0.3) is 5.91 Å². The van der Waals surface area contributed by atoms with Crippen molar-refractivity contribution >= 4 is 23.2 Å². The quantitative estimate of drug-likeness (QED) is 0.906. The standard InChI is InChI=1S/C13H18N2O2S/c1-2-14-12(16)10-3-6-15(7-4-10)13(17)11-5-8-18-9-11/h5,8-10H,2-4,6-7H2,1H3,(H,14,16). The van der Waals surface area contributed by atoms with Crippen molar-refractivity contribution in [1.82, 2.24) is 10.2 Å². The predicted molar refractivity (Wildman–Crippen MR) is 71.6 cm³/mol. The van der Waals surface area contributed by atoms with Crippen molar-refractivity contribution in [2.24, 2.45) is 5.92 Å². The molecule has 4 nitrogen and oxygen atoms in total. The lowest BCUT2D eigenvalue weighted by molar-refractivity contribution is -0.126.